The van der Waals surface area contributed by atoms with Gasteiger partial charge in [0.15, 0.2) is 0 Å². The van der Waals surface area contributed by atoms with Crippen molar-refractivity contribution in [2.45, 2.75) is 65.9 Å². The molecule has 0 aliphatic heterocycles. The van der Waals surface area contributed by atoms with Crippen LogP contribution in [0.5, 0.6) is 0 Å². The fourth-order valence-corrected chi connectivity index (χ4v) is 2.81. The molecule has 0 aromatic heterocycles. The molecule has 0 aromatic rings. The Morgan fingerprint density at radius 1 is 1.43 bits per heavy atom. The Bertz CT molecular complexity index is 174. The molecule has 14 heavy (non-hydrogen) atoms. The van der Waals surface area contributed by atoms with E-state index in [1.54, 1.807) is 0 Å². The van der Waals surface area contributed by atoms with Gasteiger partial charge in [0.2, 0.25) is 0 Å². The summed E-state index contributed by atoms with van der Waals surface area (Å²) >= 11 is 0. The summed E-state index contributed by atoms with van der Waals surface area (Å²) < 4.78 is 0. The van der Waals surface area contributed by atoms with Crippen molar-refractivity contribution < 1.29 is 5.11 Å². The number of rotatable bonds is 4. The summed E-state index contributed by atoms with van der Waals surface area (Å²) in [6.45, 7) is 9.07. The van der Waals surface area contributed by atoms with Gasteiger partial charge in [-0.2, -0.15) is 0 Å². The highest BCUT2D eigenvalue weighted by molar-refractivity contribution is 4.89. The van der Waals surface area contributed by atoms with Gasteiger partial charge in [0.05, 0.1) is 6.10 Å². The highest BCUT2D eigenvalue weighted by Gasteiger charge is 2.38. The van der Waals surface area contributed by atoms with Crippen LogP contribution in [0, 0.1) is 17.3 Å². The molecule has 3 unspecified atom stereocenters. The summed E-state index contributed by atoms with van der Waals surface area (Å²) in [5, 5.41) is 10.2. The number of hydrogen-bond donors (Lipinski definition) is 1. The molecule has 0 amide bonds. The van der Waals surface area contributed by atoms with Crippen molar-refractivity contribution in [1.29, 1.82) is 0 Å². The van der Waals surface area contributed by atoms with Gasteiger partial charge in [-0.3, -0.25) is 0 Å². The van der Waals surface area contributed by atoms with Crippen LogP contribution in [0.1, 0.15) is 59.8 Å². The van der Waals surface area contributed by atoms with Crippen LogP contribution < -0.4 is 0 Å². The molecular weight excluding hydrogens is 172 g/mol. The smallest absolute Gasteiger partial charge is 0.0576 e. The van der Waals surface area contributed by atoms with E-state index in [0.29, 0.717) is 17.3 Å². The van der Waals surface area contributed by atoms with E-state index in [1.165, 1.54) is 25.7 Å². The van der Waals surface area contributed by atoms with Crippen molar-refractivity contribution in [3.8, 4) is 0 Å². The molecule has 0 aromatic carbocycles. The first kappa shape index (κ1) is 12.0. The Labute approximate surface area is 88.9 Å². The van der Waals surface area contributed by atoms with Crippen LogP contribution in [0.4, 0.5) is 0 Å². The van der Waals surface area contributed by atoms with Crippen molar-refractivity contribution >= 4 is 0 Å². The van der Waals surface area contributed by atoms with E-state index in [-0.39, 0.29) is 6.10 Å². The van der Waals surface area contributed by atoms with Gasteiger partial charge >= 0.3 is 0 Å². The molecule has 1 aliphatic carbocycles. The SMILES string of the molecule is CCC(C)CC(O)C1CCCC1(C)C. The first-order chi connectivity index (χ1) is 6.47. The first-order valence-corrected chi connectivity index (χ1v) is 6.15. The van der Waals surface area contributed by atoms with E-state index in [9.17, 15) is 5.11 Å². The molecule has 84 valence electrons. The van der Waals surface area contributed by atoms with E-state index in [2.05, 4.69) is 27.7 Å². The van der Waals surface area contributed by atoms with Crippen LogP contribution in [-0.4, -0.2) is 11.2 Å². The van der Waals surface area contributed by atoms with Gasteiger partial charge in [-0.15, -0.1) is 0 Å². The van der Waals surface area contributed by atoms with Crippen molar-refractivity contribution in [3.63, 3.8) is 0 Å². The average Bonchev–Trinajstić information content (AvgIpc) is 2.45. The Balaban J connectivity index is 2.47. The molecule has 1 heteroatoms. The monoisotopic (exact) mass is 198 g/mol. The Kier molecular flexibility index (Phi) is 4.00. The normalized spacial score (nSPS) is 30.2. The second-order valence-electron chi connectivity index (χ2n) is 5.80. The Morgan fingerprint density at radius 2 is 2.07 bits per heavy atom. The summed E-state index contributed by atoms with van der Waals surface area (Å²) in [4.78, 5) is 0. The predicted molar refractivity (Wildman–Crippen MR) is 61.2 cm³/mol. The van der Waals surface area contributed by atoms with E-state index < -0.39 is 0 Å². The van der Waals surface area contributed by atoms with Gasteiger partial charge in [0.1, 0.15) is 0 Å². The predicted octanol–water partition coefficient (Wildman–Crippen LogP) is 3.61. The minimum Gasteiger partial charge on any atom is -0.393 e. The summed E-state index contributed by atoms with van der Waals surface area (Å²) in [6, 6.07) is 0. The molecule has 1 aliphatic rings. The third-order valence-electron chi connectivity index (χ3n) is 4.15. The first-order valence-electron chi connectivity index (χ1n) is 6.15. The summed E-state index contributed by atoms with van der Waals surface area (Å²) in [5.41, 5.74) is 0.368. The maximum Gasteiger partial charge on any atom is 0.0576 e. The molecule has 0 spiro atoms. The molecular formula is C13H26O. The fraction of sp³-hybridized carbons (Fsp3) is 1.00. The van der Waals surface area contributed by atoms with Crippen molar-refractivity contribution in [2.24, 2.45) is 17.3 Å². The zero-order valence-electron chi connectivity index (χ0n) is 10.2. The van der Waals surface area contributed by atoms with Crippen LogP contribution in [-0.2, 0) is 0 Å². The second kappa shape index (κ2) is 4.65. The van der Waals surface area contributed by atoms with Crippen molar-refractivity contribution in [2.75, 3.05) is 0 Å². The molecule has 1 nitrogen and oxygen atoms in total. The van der Waals surface area contributed by atoms with Crippen LogP contribution >= 0.6 is 0 Å². The van der Waals surface area contributed by atoms with E-state index in [1.807, 2.05) is 0 Å². The molecule has 0 bridgehead atoms. The van der Waals surface area contributed by atoms with Gasteiger partial charge in [0.25, 0.3) is 0 Å². The summed E-state index contributed by atoms with van der Waals surface area (Å²) in [5.74, 6) is 1.21. The number of aliphatic hydroxyl groups excluding tert-OH is 1. The van der Waals surface area contributed by atoms with Gasteiger partial charge < -0.3 is 5.11 Å². The van der Waals surface area contributed by atoms with E-state index in [4.69, 9.17) is 0 Å². The maximum absolute atomic E-state index is 10.2. The molecule has 1 rings (SSSR count). The molecule has 1 saturated carbocycles. The van der Waals surface area contributed by atoms with Crippen LogP contribution in [0.3, 0.4) is 0 Å². The van der Waals surface area contributed by atoms with Crippen molar-refractivity contribution in [1.82, 2.24) is 0 Å². The molecule has 3 atom stereocenters. The Morgan fingerprint density at radius 3 is 2.50 bits per heavy atom. The molecule has 0 radical (unpaired) electrons. The highest BCUT2D eigenvalue weighted by Crippen LogP contribution is 2.45. The minimum absolute atomic E-state index is 0.0672. The van der Waals surface area contributed by atoms with Gasteiger partial charge in [-0.25, -0.2) is 0 Å². The Hall–Kier alpha value is -0.0400. The molecule has 0 heterocycles. The summed E-state index contributed by atoms with van der Waals surface area (Å²) in [6.07, 6.45) is 5.92. The minimum atomic E-state index is -0.0672. The van der Waals surface area contributed by atoms with Crippen LogP contribution in [0.15, 0.2) is 0 Å². The zero-order chi connectivity index (χ0) is 10.8. The van der Waals surface area contributed by atoms with E-state index >= 15 is 0 Å². The third kappa shape index (κ3) is 2.73. The largest absolute Gasteiger partial charge is 0.393 e. The third-order valence-corrected chi connectivity index (χ3v) is 4.15. The second-order valence-corrected chi connectivity index (χ2v) is 5.80. The maximum atomic E-state index is 10.2. The number of hydrogen-bond acceptors (Lipinski definition) is 1. The lowest BCUT2D eigenvalue weighted by Gasteiger charge is -2.32. The lowest BCUT2D eigenvalue weighted by Crippen LogP contribution is -2.30. The molecule has 1 N–H and O–H groups in total. The lowest BCUT2D eigenvalue weighted by molar-refractivity contribution is 0.0364. The fourth-order valence-electron chi connectivity index (χ4n) is 2.81. The molecule has 1 fully saturated rings. The van der Waals surface area contributed by atoms with E-state index in [0.717, 1.165) is 6.42 Å². The van der Waals surface area contributed by atoms with Gasteiger partial charge in [-0.1, -0.05) is 40.5 Å². The quantitative estimate of drug-likeness (QED) is 0.731. The zero-order valence-corrected chi connectivity index (χ0v) is 10.2. The summed E-state index contributed by atoms with van der Waals surface area (Å²) in [7, 11) is 0. The van der Waals surface area contributed by atoms with Crippen LogP contribution in [0.25, 0.3) is 0 Å². The lowest BCUT2D eigenvalue weighted by atomic mass is 9.76. The topological polar surface area (TPSA) is 20.2 Å². The number of aliphatic hydroxyl groups is 1. The standard InChI is InChI=1S/C13H26O/c1-5-10(2)9-12(14)11-7-6-8-13(11,3)4/h10-12,14H,5-9H2,1-4H3. The highest BCUT2D eigenvalue weighted by atomic mass is 16.3. The van der Waals surface area contributed by atoms with Crippen LogP contribution in [0.2, 0.25) is 0 Å². The van der Waals surface area contributed by atoms with Gasteiger partial charge in [-0.05, 0) is 36.5 Å². The molecule has 0 saturated heterocycles. The van der Waals surface area contributed by atoms with Crippen molar-refractivity contribution in [3.05, 3.63) is 0 Å². The average molecular weight is 198 g/mol. The van der Waals surface area contributed by atoms with Gasteiger partial charge in [0, 0.05) is 0 Å².